The highest BCUT2D eigenvalue weighted by Gasteiger charge is 2.29. The summed E-state index contributed by atoms with van der Waals surface area (Å²) in [7, 11) is 0. The van der Waals surface area contributed by atoms with E-state index in [4.69, 9.17) is 0 Å². The van der Waals surface area contributed by atoms with Crippen LogP contribution in [0.3, 0.4) is 0 Å². The Morgan fingerprint density at radius 3 is 2.76 bits per heavy atom. The Labute approximate surface area is 122 Å². The zero-order chi connectivity index (χ0) is 15.0. The smallest absolute Gasteiger partial charge is 0.248 e. The number of hydrogen-bond acceptors (Lipinski definition) is 4. The van der Waals surface area contributed by atoms with Crippen molar-refractivity contribution in [3.8, 4) is 5.75 Å². The summed E-state index contributed by atoms with van der Waals surface area (Å²) in [5, 5.41) is 16.4. The van der Waals surface area contributed by atoms with Gasteiger partial charge in [0.2, 0.25) is 11.9 Å². The van der Waals surface area contributed by atoms with E-state index >= 15 is 0 Å². The Bertz CT molecular complexity index is 663. The van der Waals surface area contributed by atoms with Gasteiger partial charge in [0.25, 0.3) is 0 Å². The van der Waals surface area contributed by atoms with E-state index in [-0.39, 0.29) is 11.7 Å². The van der Waals surface area contributed by atoms with Crippen molar-refractivity contribution in [3.05, 3.63) is 35.7 Å². The number of phenolic OH excluding ortho intramolecular Hbond substituents is 1. The van der Waals surface area contributed by atoms with Crippen LogP contribution in [-0.4, -0.2) is 25.8 Å². The zero-order valence-corrected chi connectivity index (χ0v) is 12.1. The summed E-state index contributed by atoms with van der Waals surface area (Å²) in [5.41, 5.74) is 1.18. The molecule has 2 unspecified atom stereocenters. The molecule has 2 N–H and O–H groups in total. The van der Waals surface area contributed by atoms with Crippen LogP contribution in [0.15, 0.2) is 24.3 Å². The van der Waals surface area contributed by atoms with Crippen molar-refractivity contribution in [3.63, 3.8) is 0 Å². The number of amides is 1. The van der Waals surface area contributed by atoms with Crippen molar-refractivity contribution in [1.82, 2.24) is 14.8 Å². The normalized spacial score (nSPS) is 20.9. The summed E-state index contributed by atoms with van der Waals surface area (Å²) in [5.74, 6) is 2.14. The van der Waals surface area contributed by atoms with Gasteiger partial charge in [0.15, 0.2) is 0 Å². The van der Waals surface area contributed by atoms with Crippen LogP contribution >= 0.6 is 0 Å². The highest BCUT2D eigenvalue weighted by molar-refractivity contribution is 5.86. The molecule has 0 bridgehead atoms. The van der Waals surface area contributed by atoms with Crippen molar-refractivity contribution in [2.45, 2.75) is 32.7 Å². The van der Waals surface area contributed by atoms with Gasteiger partial charge in [0.1, 0.15) is 11.6 Å². The minimum Gasteiger partial charge on any atom is -0.508 e. The SMILES string of the molecule is CC(=O)Nc1nc2n(n1)CC(c1ccc(O)cc1)C(C)C2. The highest BCUT2D eigenvalue weighted by Crippen LogP contribution is 2.33. The lowest BCUT2D eigenvalue weighted by molar-refractivity contribution is -0.114. The molecule has 1 aromatic heterocycles. The van der Waals surface area contributed by atoms with Gasteiger partial charge >= 0.3 is 0 Å². The average molecular weight is 286 g/mol. The van der Waals surface area contributed by atoms with Gasteiger partial charge in [0.05, 0.1) is 6.54 Å². The van der Waals surface area contributed by atoms with Gasteiger partial charge in [0, 0.05) is 19.3 Å². The zero-order valence-electron chi connectivity index (χ0n) is 12.1. The maximum atomic E-state index is 11.1. The van der Waals surface area contributed by atoms with Crippen molar-refractivity contribution in [2.75, 3.05) is 5.32 Å². The molecule has 1 aliphatic rings. The molecule has 1 amide bonds. The van der Waals surface area contributed by atoms with Gasteiger partial charge in [-0.2, -0.15) is 4.98 Å². The lowest BCUT2D eigenvalue weighted by Crippen LogP contribution is -2.27. The number of aromatic nitrogens is 3. The minimum atomic E-state index is -0.166. The second kappa shape index (κ2) is 5.20. The number of nitrogens with zero attached hydrogens (tertiary/aromatic N) is 3. The van der Waals surface area contributed by atoms with E-state index in [0.29, 0.717) is 17.8 Å². The van der Waals surface area contributed by atoms with Gasteiger partial charge in [-0.15, -0.1) is 5.10 Å². The van der Waals surface area contributed by atoms with Crippen LogP contribution in [0.25, 0.3) is 0 Å². The van der Waals surface area contributed by atoms with Crippen LogP contribution in [-0.2, 0) is 17.8 Å². The fourth-order valence-corrected chi connectivity index (χ4v) is 2.83. The summed E-state index contributed by atoms with van der Waals surface area (Å²) < 4.78 is 1.86. The van der Waals surface area contributed by atoms with Crippen molar-refractivity contribution >= 4 is 11.9 Å². The molecule has 2 atom stereocenters. The van der Waals surface area contributed by atoms with Crippen molar-refractivity contribution < 1.29 is 9.90 Å². The largest absolute Gasteiger partial charge is 0.508 e. The second-order valence-electron chi connectivity index (χ2n) is 5.59. The van der Waals surface area contributed by atoms with E-state index in [2.05, 4.69) is 22.3 Å². The van der Waals surface area contributed by atoms with E-state index < -0.39 is 0 Å². The third-order valence-electron chi connectivity index (χ3n) is 3.92. The number of hydrogen-bond donors (Lipinski definition) is 2. The van der Waals surface area contributed by atoms with Crippen LogP contribution in [0.2, 0.25) is 0 Å². The number of anilines is 1. The standard InChI is InChI=1S/C15H18N4O2/c1-9-7-14-17-15(16-10(2)20)18-19(14)8-13(9)11-3-5-12(21)6-4-11/h3-6,9,13,21H,7-8H2,1-2H3,(H,16,18,20). The molecule has 0 aliphatic carbocycles. The number of benzene rings is 1. The lowest BCUT2D eigenvalue weighted by atomic mass is 9.83. The minimum absolute atomic E-state index is 0.166. The first-order valence-corrected chi connectivity index (χ1v) is 7.03. The quantitative estimate of drug-likeness (QED) is 0.884. The Hall–Kier alpha value is -2.37. The Morgan fingerprint density at radius 1 is 1.38 bits per heavy atom. The van der Waals surface area contributed by atoms with Crippen molar-refractivity contribution in [1.29, 1.82) is 0 Å². The first-order valence-electron chi connectivity index (χ1n) is 7.03. The Balaban J connectivity index is 1.85. The maximum absolute atomic E-state index is 11.1. The molecule has 21 heavy (non-hydrogen) atoms. The molecule has 0 spiro atoms. The van der Waals surface area contributed by atoms with Crippen LogP contribution in [0, 0.1) is 5.92 Å². The summed E-state index contributed by atoms with van der Waals surface area (Å²) in [4.78, 5) is 15.4. The molecule has 0 fully saturated rings. The number of carbonyl (C=O) groups is 1. The predicted octanol–water partition coefficient (Wildman–Crippen LogP) is 1.92. The van der Waals surface area contributed by atoms with E-state index in [1.54, 1.807) is 12.1 Å². The summed E-state index contributed by atoms with van der Waals surface area (Å²) in [6, 6.07) is 7.32. The van der Waals surface area contributed by atoms with E-state index in [0.717, 1.165) is 18.8 Å². The van der Waals surface area contributed by atoms with Crippen LogP contribution in [0.5, 0.6) is 5.75 Å². The van der Waals surface area contributed by atoms with Gasteiger partial charge in [-0.25, -0.2) is 4.68 Å². The number of fused-ring (bicyclic) bond motifs is 1. The van der Waals surface area contributed by atoms with Crippen LogP contribution in [0.4, 0.5) is 5.95 Å². The molecule has 6 nitrogen and oxygen atoms in total. The summed E-state index contributed by atoms with van der Waals surface area (Å²) in [6.45, 7) is 4.36. The third-order valence-corrected chi connectivity index (χ3v) is 3.92. The molecule has 3 rings (SSSR count). The summed E-state index contributed by atoms with van der Waals surface area (Å²) >= 11 is 0. The maximum Gasteiger partial charge on any atom is 0.248 e. The molecule has 2 aromatic rings. The predicted molar refractivity (Wildman–Crippen MR) is 78.0 cm³/mol. The average Bonchev–Trinajstić information content (AvgIpc) is 2.79. The molecule has 1 aromatic carbocycles. The molecule has 0 saturated heterocycles. The van der Waals surface area contributed by atoms with E-state index in [1.165, 1.54) is 12.5 Å². The molecule has 0 radical (unpaired) electrons. The monoisotopic (exact) mass is 286 g/mol. The van der Waals surface area contributed by atoms with Crippen LogP contribution < -0.4 is 5.32 Å². The van der Waals surface area contributed by atoms with Gasteiger partial charge < -0.3 is 5.11 Å². The van der Waals surface area contributed by atoms with Gasteiger partial charge in [-0.3, -0.25) is 10.1 Å². The fraction of sp³-hybridized carbons (Fsp3) is 0.400. The number of aromatic hydroxyl groups is 1. The Morgan fingerprint density at radius 2 is 2.10 bits per heavy atom. The molecule has 110 valence electrons. The van der Waals surface area contributed by atoms with Crippen LogP contribution in [0.1, 0.15) is 31.2 Å². The molecule has 0 saturated carbocycles. The number of phenols is 1. The first-order chi connectivity index (χ1) is 10.0. The topological polar surface area (TPSA) is 80.0 Å². The molecule has 6 heteroatoms. The fourth-order valence-electron chi connectivity index (χ4n) is 2.83. The summed E-state index contributed by atoms with van der Waals surface area (Å²) in [6.07, 6.45) is 0.818. The number of rotatable bonds is 2. The number of nitrogens with one attached hydrogen (secondary N) is 1. The lowest BCUT2D eigenvalue weighted by Gasteiger charge is -2.29. The van der Waals surface area contributed by atoms with E-state index in [1.807, 2.05) is 16.8 Å². The van der Waals surface area contributed by atoms with E-state index in [9.17, 15) is 9.90 Å². The third kappa shape index (κ3) is 2.74. The first kappa shape index (κ1) is 13.6. The molecule has 1 aliphatic heterocycles. The molecular formula is C15H18N4O2. The van der Waals surface area contributed by atoms with Crippen molar-refractivity contribution in [2.24, 2.45) is 5.92 Å². The molecule has 2 heterocycles. The second-order valence-corrected chi connectivity index (χ2v) is 5.59. The Kier molecular flexibility index (Phi) is 3.37. The van der Waals surface area contributed by atoms with Gasteiger partial charge in [-0.05, 0) is 23.6 Å². The number of carbonyl (C=O) groups excluding carboxylic acids is 1. The highest BCUT2D eigenvalue weighted by atomic mass is 16.3. The van der Waals surface area contributed by atoms with Gasteiger partial charge in [-0.1, -0.05) is 19.1 Å². The molecular weight excluding hydrogens is 268 g/mol.